The van der Waals surface area contributed by atoms with Crippen molar-refractivity contribution in [3.63, 3.8) is 0 Å². The maximum atomic E-state index is 13.5. The maximum absolute atomic E-state index is 13.5. The highest BCUT2D eigenvalue weighted by atomic mass is 16.3. The molecule has 5 rings (SSSR count). The molecule has 0 amide bonds. The Bertz CT molecular complexity index is 1140. The van der Waals surface area contributed by atoms with Crippen LogP contribution in [-0.4, -0.2) is 36.4 Å². The van der Waals surface area contributed by atoms with E-state index in [-0.39, 0.29) is 12.2 Å². The highest BCUT2D eigenvalue weighted by Gasteiger charge is 2.34. The number of hydrogen-bond donors (Lipinski definition) is 2. The third-order valence-corrected chi connectivity index (χ3v) is 7.43. The maximum Gasteiger partial charge on any atom is 0.280 e. The van der Waals surface area contributed by atoms with Gasteiger partial charge in [-0.1, -0.05) is 68.9 Å². The van der Waals surface area contributed by atoms with E-state index in [1.807, 2.05) is 18.2 Å². The van der Waals surface area contributed by atoms with Gasteiger partial charge in [0.1, 0.15) is 5.82 Å². The lowest BCUT2D eigenvalue weighted by Gasteiger charge is -2.29. The van der Waals surface area contributed by atoms with Crippen molar-refractivity contribution in [1.29, 1.82) is 0 Å². The van der Waals surface area contributed by atoms with Gasteiger partial charge in [-0.05, 0) is 24.3 Å². The number of imidazole rings is 1. The molecule has 2 aliphatic rings. The summed E-state index contributed by atoms with van der Waals surface area (Å²) in [6.45, 7) is 0.653. The quantitative estimate of drug-likeness (QED) is 0.592. The second-order valence-corrected chi connectivity index (χ2v) is 9.70. The molecule has 0 saturated heterocycles. The van der Waals surface area contributed by atoms with Gasteiger partial charge in [0.25, 0.3) is 5.56 Å². The third kappa shape index (κ3) is 3.94. The molecule has 0 spiro atoms. The number of fused-ring (bicyclic) bond motifs is 1. The van der Waals surface area contributed by atoms with E-state index in [1.165, 1.54) is 25.7 Å². The molecular weight excluding hydrogens is 402 g/mol. The zero-order chi connectivity index (χ0) is 22.1. The van der Waals surface area contributed by atoms with E-state index >= 15 is 0 Å². The molecule has 0 aliphatic heterocycles. The molecule has 2 heterocycles. The molecule has 0 atom stereocenters. The summed E-state index contributed by atoms with van der Waals surface area (Å²) in [4.78, 5) is 23.2. The van der Waals surface area contributed by atoms with E-state index in [0.29, 0.717) is 29.6 Å². The van der Waals surface area contributed by atoms with Gasteiger partial charge in [0.15, 0.2) is 11.2 Å². The van der Waals surface area contributed by atoms with E-state index in [1.54, 1.807) is 11.6 Å². The smallest absolute Gasteiger partial charge is 0.280 e. The molecule has 7 nitrogen and oxygen atoms in total. The van der Waals surface area contributed by atoms with Crippen LogP contribution in [0.5, 0.6) is 0 Å². The van der Waals surface area contributed by atoms with E-state index in [2.05, 4.69) is 22.0 Å². The number of aliphatic hydroxyl groups excluding tert-OH is 1. The minimum Gasteiger partial charge on any atom is -0.394 e. The van der Waals surface area contributed by atoms with Crippen molar-refractivity contribution in [2.45, 2.75) is 69.9 Å². The molecule has 1 aromatic carbocycles. The number of anilines is 1. The molecule has 7 heteroatoms. The molecule has 0 unspecified atom stereocenters. The Morgan fingerprint density at radius 2 is 1.81 bits per heavy atom. The SMILES string of the molecule is Cn1c(NC2(CO)CCCC2)nc2nc(CC3CCCC3)n(Cc3ccccc3)c2c1=O. The summed E-state index contributed by atoms with van der Waals surface area (Å²) in [5, 5.41) is 13.4. The average Bonchev–Trinajstić information content (AvgIpc) is 3.55. The normalized spacial score (nSPS) is 18.6. The van der Waals surface area contributed by atoms with Crippen LogP contribution >= 0.6 is 0 Å². The van der Waals surface area contributed by atoms with Crippen LogP contribution in [0.4, 0.5) is 5.95 Å². The van der Waals surface area contributed by atoms with Crippen LogP contribution in [-0.2, 0) is 20.0 Å². The van der Waals surface area contributed by atoms with E-state index in [9.17, 15) is 9.90 Å². The van der Waals surface area contributed by atoms with Gasteiger partial charge in [-0.3, -0.25) is 9.36 Å². The number of nitrogens with one attached hydrogen (secondary N) is 1. The fourth-order valence-electron chi connectivity index (χ4n) is 5.49. The highest BCUT2D eigenvalue weighted by Crippen LogP contribution is 2.33. The summed E-state index contributed by atoms with van der Waals surface area (Å²) in [5.41, 5.74) is 1.73. The molecule has 2 aromatic heterocycles. The van der Waals surface area contributed by atoms with Gasteiger partial charge < -0.3 is 15.0 Å². The van der Waals surface area contributed by atoms with Crippen molar-refractivity contribution in [2.75, 3.05) is 11.9 Å². The Balaban J connectivity index is 1.59. The van der Waals surface area contributed by atoms with Crippen molar-refractivity contribution < 1.29 is 5.11 Å². The molecule has 2 saturated carbocycles. The van der Waals surface area contributed by atoms with Gasteiger partial charge in [-0.15, -0.1) is 0 Å². The first-order chi connectivity index (χ1) is 15.6. The van der Waals surface area contributed by atoms with Crippen molar-refractivity contribution >= 4 is 17.1 Å². The van der Waals surface area contributed by atoms with Crippen LogP contribution in [0.1, 0.15) is 62.8 Å². The van der Waals surface area contributed by atoms with Gasteiger partial charge in [0.2, 0.25) is 5.95 Å². The van der Waals surface area contributed by atoms with Gasteiger partial charge in [-0.25, -0.2) is 4.98 Å². The molecular formula is C25H33N5O2. The lowest BCUT2D eigenvalue weighted by molar-refractivity contribution is 0.213. The lowest BCUT2D eigenvalue weighted by Crippen LogP contribution is -2.41. The summed E-state index contributed by atoms with van der Waals surface area (Å²) in [6.07, 6.45) is 9.80. The lowest BCUT2D eigenvalue weighted by atomic mass is 9.99. The predicted octanol–water partition coefficient (Wildman–Crippen LogP) is 3.63. The molecule has 0 radical (unpaired) electrons. The predicted molar refractivity (Wildman–Crippen MR) is 126 cm³/mol. The van der Waals surface area contributed by atoms with Crippen LogP contribution < -0.4 is 10.9 Å². The number of nitrogens with zero attached hydrogens (tertiary/aromatic N) is 4. The molecule has 2 aliphatic carbocycles. The minimum atomic E-state index is -0.399. The van der Waals surface area contributed by atoms with Crippen molar-refractivity contribution in [3.8, 4) is 0 Å². The molecule has 32 heavy (non-hydrogen) atoms. The first kappa shape index (κ1) is 21.2. The van der Waals surface area contributed by atoms with Crippen molar-refractivity contribution in [3.05, 3.63) is 52.1 Å². The first-order valence-electron chi connectivity index (χ1n) is 12.0. The van der Waals surface area contributed by atoms with Gasteiger partial charge in [0.05, 0.1) is 12.1 Å². The fraction of sp³-hybridized carbons (Fsp3) is 0.560. The molecule has 170 valence electrons. The number of rotatable bonds is 7. The van der Waals surface area contributed by atoms with Crippen LogP contribution in [0.2, 0.25) is 0 Å². The second kappa shape index (κ2) is 8.70. The second-order valence-electron chi connectivity index (χ2n) is 9.70. The number of aromatic nitrogens is 4. The average molecular weight is 436 g/mol. The van der Waals surface area contributed by atoms with E-state index < -0.39 is 5.54 Å². The Kier molecular flexibility index (Phi) is 5.76. The number of hydrogen-bond acceptors (Lipinski definition) is 5. The molecule has 0 bridgehead atoms. The molecule has 3 aromatic rings. The van der Waals surface area contributed by atoms with E-state index in [0.717, 1.165) is 43.5 Å². The van der Waals surface area contributed by atoms with E-state index in [4.69, 9.17) is 9.97 Å². The Morgan fingerprint density at radius 1 is 1.09 bits per heavy atom. The summed E-state index contributed by atoms with van der Waals surface area (Å²) >= 11 is 0. The first-order valence-corrected chi connectivity index (χ1v) is 12.0. The van der Waals surface area contributed by atoms with Crippen LogP contribution in [0, 0.1) is 5.92 Å². The van der Waals surface area contributed by atoms with Crippen LogP contribution in [0.15, 0.2) is 35.1 Å². The third-order valence-electron chi connectivity index (χ3n) is 7.43. The summed E-state index contributed by atoms with van der Waals surface area (Å²) < 4.78 is 3.67. The number of benzene rings is 1. The fourth-order valence-corrected chi connectivity index (χ4v) is 5.49. The topological polar surface area (TPSA) is 85.0 Å². The Morgan fingerprint density at radius 3 is 2.50 bits per heavy atom. The van der Waals surface area contributed by atoms with Crippen molar-refractivity contribution in [2.24, 2.45) is 13.0 Å². The van der Waals surface area contributed by atoms with Gasteiger partial charge >= 0.3 is 0 Å². The largest absolute Gasteiger partial charge is 0.394 e. The summed E-state index contributed by atoms with van der Waals surface area (Å²) in [6, 6.07) is 10.2. The minimum absolute atomic E-state index is 0.0380. The Hall–Kier alpha value is -2.67. The van der Waals surface area contributed by atoms with Crippen LogP contribution in [0.3, 0.4) is 0 Å². The zero-order valence-electron chi connectivity index (χ0n) is 18.9. The van der Waals surface area contributed by atoms with Gasteiger partial charge in [0, 0.05) is 20.0 Å². The monoisotopic (exact) mass is 435 g/mol. The van der Waals surface area contributed by atoms with Gasteiger partial charge in [-0.2, -0.15) is 4.98 Å². The van der Waals surface area contributed by atoms with Crippen molar-refractivity contribution in [1.82, 2.24) is 19.1 Å². The zero-order valence-corrected chi connectivity index (χ0v) is 18.9. The molecule has 2 N–H and O–H groups in total. The molecule has 2 fully saturated rings. The highest BCUT2D eigenvalue weighted by molar-refractivity contribution is 5.72. The summed E-state index contributed by atoms with van der Waals surface area (Å²) in [5.74, 6) is 2.07. The Labute approximate surface area is 188 Å². The standard InChI is InChI=1S/C25H33N5O2/c1-29-23(32)21-22(27-24(29)28-25(17-31)13-7-8-14-25)26-20(15-18-9-5-6-10-18)30(21)16-19-11-3-2-4-12-19/h2-4,11-12,18,31H,5-10,13-17H2,1H3,(H,27,28). The number of aliphatic hydroxyl groups is 1. The van der Waals surface area contributed by atoms with Crippen LogP contribution in [0.25, 0.3) is 11.2 Å². The summed E-state index contributed by atoms with van der Waals surface area (Å²) in [7, 11) is 1.76.